The van der Waals surface area contributed by atoms with E-state index in [1.54, 1.807) is 30.3 Å². The summed E-state index contributed by atoms with van der Waals surface area (Å²) >= 11 is 0. The third kappa shape index (κ3) is 6.32. The van der Waals surface area contributed by atoms with Crippen LogP contribution in [0.25, 0.3) is 17.1 Å². The molecule has 202 valence electrons. The molecule has 0 fully saturated rings. The molecule has 0 bridgehead atoms. The van der Waals surface area contributed by atoms with Crippen molar-refractivity contribution in [3.8, 4) is 34.5 Å². The van der Waals surface area contributed by atoms with Crippen LogP contribution < -0.4 is 18.9 Å². The van der Waals surface area contributed by atoms with Crippen molar-refractivity contribution in [1.82, 2.24) is 19.7 Å². The Labute approximate surface area is 220 Å². The van der Waals surface area contributed by atoms with Gasteiger partial charge in [-0.25, -0.2) is 27.8 Å². The molecule has 0 saturated carbocycles. The molecule has 38 heavy (non-hydrogen) atoms. The minimum Gasteiger partial charge on any atom is -0.494 e. The van der Waals surface area contributed by atoms with Gasteiger partial charge in [-0.3, -0.25) is 9.29 Å². The molecule has 0 saturated heterocycles. The maximum atomic E-state index is 13.3. The minimum atomic E-state index is -4.08. The molecule has 14 heteroatoms. The highest BCUT2D eigenvalue weighted by molar-refractivity contribution is 7.93. The smallest absolute Gasteiger partial charge is 0.243 e. The maximum Gasteiger partial charge on any atom is 0.243 e. The lowest BCUT2D eigenvalue weighted by atomic mass is 10.2. The predicted octanol–water partition coefficient (Wildman–Crippen LogP) is 3.81. The second-order valence-electron chi connectivity index (χ2n) is 7.86. The van der Waals surface area contributed by atoms with Gasteiger partial charge in [0, 0.05) is 24.2 Å². The molecule has 12 nitrogen and oxygen atoms in total. The molecule has 0 aliphatic carbocycles. The van der Waals surface area contributed by atoms with Gasteiger partial charge in [0.15, 0.2) is 5.82 Å². The number of nitrogens with zero attached hydrogens (tertiary/aromatic N) is 6. The Kier molecular flexibility index (Phi) is 9.12. The number of allylic oxidation sites excluding steroid dienone is 1. The molecule has 1 atom stereocenters. The third-order valence-electron chi connectivity index (χ3n) is 5.30. The number of benzene rings is 1. The number of pyridine rings is 1. The fourth-order valence-corrected chi connectivity index (χ4v) is 4.33. The molecule has 2 heterocycles. The summed E-state index contributed by atoms with van der Waals surface area (Å²) in [6, 6.07) is 8.40. The van der Waals surface area contributed by atoms with Gasteiger partial charge in [-0.15, -0.1) is 10.2 Å². The third-order valence-corrected chi connectivity index (χ3v) is 6.99. The van der Waals surface area contributed by atoms with Crippen molar-refractivity contribution in [2.75, 3.05) is 26.1 Å². The predicted molar refractivity (Wildman–Crippen MR) is 143 cm³/mol. The summed E-state index contributed by atoms with van der Waals surface area (Å²) in [5.74, 6) is 0.696. The van der Waals surface area contributed by atoms with E-state index >= 15 is 0 Å². The first-order valence-corrected chi connectivity index (χ1v) is 12.7. The number of hydrogen-bond donors (Lipinski definition) is 1. The van der Waals surface area contributed by atoms with Crippen LogP contribution in [-0.4, -0.2) is 67.3 Å². The fourth-order valence-electron chi connectivity index (χ4n) is 3.38. The van der Waals surface area contributed by atoms with Gasteiger partial charge in [-0.05, 0) is 38.8 Å². The Hall–Kier alpha value is -4.33. The lowest BCUT2D eigenvalue weighted by Crippen LogP contribution is -2.28. The van der Waals surface area contributed by atoms with E-state index in [-0.39, 0.29) is 24.0 Å². The average Bonchev–Trinajstić information content (AvgIpc) is 3.32. The number of sulfonamides is 1. The van der Waals surface area contributed by atoms with Crippen molar-refractivity contribution >= 4 is 28.5 Å². The molecular weight excluding hydrogens is 517 g/mol. The number of para-hydroxylation sites is 1. The van der Waals surface area contributed by atoms with E-state index in [9.17, 15) is 12.8 Å². The van der Waals surface area contributed by atoms with E-state index in [0.717, 1.165) is 6.20 Å². The van der Waals surface area contributed by atoms with Crippen LogP contribution in [0.1, 0.15) is 20.3 Å². The van der Waals surface area contributed by atoms with Crippen LogP contribution in [0.5, 0.6) is 17.4 Å². The van der Waals surface area contributed by atoms with Crippen molar-refractivity contribution in [1.29, 1.82) is 0 Å². The maximum absolute atomic E-state index is 13.3. The quantitative estimate of drug-likeness (QED) is 0.283. The molecule has 0 radical (unpaired) electrons. The number of amidine groups is 1. The molecule has 3 aromatic rings. The number of nitrogens with one attached hydrogen (secondary N) is 1. The monoisotopic (exact) mass is 545 g/mol. The molecule has 0 spiro atoms. The van der Waals surface area contributed by atoms with Gasteiger partial charge >= 0.3 is 0 Å². The first-order valence-electron chi connectivity index (χ1n) is 11.2. The fraction of sp³-hybridized carbons (Fsp3) is 0.292. The summed E-state index contributed by atoms with van der Waals surface area (Å²) in [6.45, 7) is 6.05. The first-order chi connectivity index (χ1) is 18.1. The zero-order chi connectivity index (χ0) is 27.9. The van der Waals surface area contributed by atoms with Gasteiger partial charge in [0.1, 0.15) is 28.8 Å². The van der Waals surface area contributed by atoms with E-state index in [2.05, 4.69) is 36.6 Å². The highest BCUT2D eigenvalue weighted by atomic mass is 32.2. The number of hydrogen-bond acceptors (Lipinski definition) is 9. The molecule has 0 amide bonds. The number of aromatic nitrogens is 4. The first kappa shape index (κ1) is 28.2. The number of aliphatic imine (C=N–C) groups is 2. The standard InChI is InChI=1S/C24H28FN7O5S/c1-15(25)14-28-20(26-3)12-16(2)38(33,34)31-24-30-29-23(17-10-11-27-21(13-17)37-6)32(24)22-18(35-4)8-7-9-19(22)36-5/h7-11,13-14,16H,3,12H2,1-2,4-6H3,(H,30,31)/b15-14+,28-20?/t16-/m0/s1. The summed E-state index contributed by atoms with van der Waals surface area (Å²) < 4.78 is 60.1. The normalized spacial score (nSPS) is 13.1. The summed E-state index contributed by atoms with van der Waals surface area (Å²) in [5.41, 5.74) is 0.895. The summed E-state index contributed by atoms with van der Waals surface area (Å²) in [7, 11) is 0.335. The number of anilines is 1. The highest BCUT2D eigenvalue weighted by Gasteiger charge is 2.28. The minimum absolute atomic E-state index is 0.0531. The van der Waals surface area contributed by atoms with Crippen molar-refractivity contribution in [3.63, 3.8) is 0 Å². The van der Waals surface area contributed by atoms with Gasteiger partial charge in [0.2, 0.25) is 21.9 Å². The van der Waals surface area contributed by atoms with Gasteiger partial charge in [0.05, 0.1) is 32.8 Å². The van der Waals surface area contributed by atoms with Gasteiger partial charge in [-0.1, -0.05) is 6.07 Å². The molecule has 0 unspecified atom stereocenters. The summed E-state index contributed by atoms with van der Waals surface area (Å²) in [5, 5.41) is 7.33. The van der Waals surface area contributed by atoms with E-state index in [1.807, 2.05) is 0 Å². The Morgan fingerprint density at radius 1 is 1.18 bits per heavy atom. The molecule has 1 aromatic carbocycles. The number of rotatable bonds is 11. The second-order valence-corrected chi connectivity index (χ2v) is 9.96. The largest absolute Gasteiger partial charge is 0.494 e. The van der Waals surface area contributed by atoms with Crippen LogP contribution in [-0.2, 0) is 10.0 Å². The number of methoxy groups -OCH3 is 3. The van der Waals surface area contributed by atoms with Crippen LogP contribution in [0.3, 0.4) is 0 Å². The van der Waals surface area contributed by atoms with Crippen LogP contribution >= 0.6 is 0 Å². The summed E-state index contributed by atoms with van der Waals surface area (Å²) in [6.07, 6.45) is 2.33. The average molecular weight is 546 g/mol. The van der Waals surface area contributed by atoms with Crippen molar-refractivity contribution in [3.05, 3.63) is 48.6 Å². The Morgan fingerprint density at radius 3 is 2.45 bits per heavy atom. The molecule has 1 N–H and O–H groups in total. The van der Waals surface area contributed by atoms with Crippen molar-refractivity contribution in [2.24, 2.45) is 9.98 Å². The summed E-state index contributed by atoms with van der Waals surface area (Å²) in [4.78, 5) is 11.7. The SMILES string of the molecule is C=NC(C[C@H](C)S(=O)(=O)Nc1nnc(-c2ccnc(OC)c2)n1-c1c(OC)cccc1OC)=N/C=C(\C)F. The zero-order valence-electron chi connectivity index (χ0n) is 21.5. The Morgan fingerprint density at radius 2 is 1.87 bits per heavy atom. The van der Waals surface area contributed by atoms with E-state index < -0.39 is 21.1 Å². The highest BCUT2D eigenvalue weighted by Crippen LogP contribution is 2.38. The van der Waals surface area contributed by atoms with Crippen LogP contribution in [0.2, 0.25) is 0 Å². The van der Waals surface area contributed by atoms with Crippen LogP contribution in [0.15, 0.2) is 58.5 Å². The molecular formula is C24H28FN7O5S. The van der Waals surface area contributed by atoms with Gasteiger partial charge in [0.25, 0.3) is 0 Å². The lowest BCUT2D eigenvalue weighted by Gasteiger charge is -2.19. The topological polar surface area (TPSA) is 142 Å². The van der Waals surface area contributed by atoms with Crippen molar-refractivity contribution < 1.29 is 27.0 Å². The van der Waals surface area contributed by atoms with E-state index in [0.29, 0.717) is 28.6 Å². The number of halogens is 1. The molecule has 2 aromatic heterocycles. The lowest BCUT2D eigenvalue weighted by molar-refractivity contribution is 0.391. The van der Waals surface area contributed by atoms with E-state index in [1.165, 1.54) is 45.9 Å². The molecule has 0 aliphatic rings. The number of ether oxygens (including phenoxy) is 3. The second kappa shape index (κ2) is 12.3. The van der Waals surface area contributed by atoms with Crippen molar-refractivity contribution in [2.45, 2.75) is 25.5 Å². The Bertz CT molecular complexity index is 1440. The van der Waals surface area contributed by atoms with Gasteiger partial charge < -0.3 is 14.2 Å². The van der Waals surface area contributed by atoms with Gasteiger partial charge in [-0.2, -0.15) is 0 Å². The van der Waals surface area contributed by atoms with Crippen LogP contribution in [0, 0.1) is 0 Å². The molecule has 3 rings (SSSR count). The van der Waals surface area contributed by atoms with Crippen LogP contribution in [0.4, 0.5) is 10.3 Å². The van der Waals surface area contributed by atoms with E-state index in [4.69, 9.17) is 14.2 Å². The molecule has 0 aliphatic heterocycles. The zero-order valence-corrected chi connectivity index (χ0v) is 22.4. The Balaban J connectivity index is 2.15.